The van der Waals surface area contributed by atoms with Gasteiger partial charge in [0.25, 0.3) is 0 Å². The van der Waals surface area contributed by atoms with Gasteiger partial charge in [0.05, 0.1) is 19.3 Å². The summed E-state index contributed by atoms with van der Waals surface area (Å²) in [5, 5.41) is 0. The van der Waals surface area contributed by atoms with Crippen LogP contribution in [-0.2, 0) is 6.42 Å². The van der Waals surface area contributed by atoms with Gasteiger partial charge >= 0.3 is 0 Å². The third-order valence-electron chi connectivity index (χ3n) is 3.75. The lowest BCUT2D eigenvalue weighted by atomic mass is 9.78. The highest BCUT2D eigenvalue weighted by atomic mass is 16.5. The quantitative estimate of drug-likeness (QED) is 0.781. The van der Waals surface area contributed by atoms with E-state index in [-0.39, 0.29) is 0 Å². The minimum absolute atomic E-state index is 0.414. The molecule has 2 aromatic rings. The Morgan fingerprint density at radius 3 is 2.85 bits per heavy atom. The highest BCUT2D eigenvalue weighted by Crippen LogP contribution is 2.35. The molecule has 0 fully saturated rings. The summed E-state index contributed by atoms with van der Waals surface area (Å²) in [7, 11) is 1.60. The van der Waals surface area contributed by atoms with Crippen molar-refractivity contribution < 1.29 is 14.3 Å². The van der Waals surface area contributed by atoms with E-state index in [0.29, 0.717) is 29.6 Å². The first kappa shape index (κ1) is 12.7. The standard InChI is InChI=1S/C17H16O3/c1-19-15-7-6-13(10-18)17(9-15)20-11-14-8-12-4-2-3-5-16(12)14/h2-7,9-10,14H,8,11H2,1H3. The van der Waals surface area contributed by atoms with Crippen LogP contribution in [0.2, 0.25) is 0 Å². The van der Waals surface area contributed by atoms with Crippen LogP contribution in [0.25, 0.3) is 0 Å². The Labute approximate surface area is 118 Å². The fourth-order valence-corrected chi connectivity index (χ4v) is 2.57. The minimum atomic E-state index is 0.414. The molecule has 1 unspecified atom stereocenters. The van der Waals surface area contributed by atoms with Gasteiger partial charge in [-0.25, -0.2) is 0 Å². The number of hydrogen-bond donors (Lipinski definition) is 0. The Morgan fingerprint density at radius 1 is 1.25 bits per heavy atom. The lowest BCUT2D eigenvalue weighted by Gasteiger charge is -2.30. The van der Waals surface area contributed by atoms with Gasteiger partial charge in [-0.15, -0.1) is 0 Å². The van der Waals surface area contributed by atoms with Crippen molar-refractivity contribution in [2.24, 2.45) is 0 Å². The molecule has 0 bridgehead atoms. The molecule has 0 aromatic heterocycles. The molecule has 3 nitrogen and oxygen atoms in total. The molecule has 1 aliphatic rings. The number of fused-ring (bicyclic) bond motifs is 1. The summed E-state index contributed by atoms with van der Waals surface area (Å²) in [4.78, 5) is 11.0. The van der Waals surface area contributed by atoms with E-state index >= 15 is 0 Å². The maximum absolute atomic E-state index is 11.0. The van der Waals surface area contributed by atoms with Gasteiger partial charge in [-0.2, -0.15) is 0 Å². The predicted molar refractivity (Wildman–Crippen MR) is 76.8 cm³/mol. The zero-order valence-corrected chi connectivity index (χ0v) is 11.3. The molecule has 0 aliphatic heterocycles. The lowest BCUT2D eigenvalue weighted by Crippen LogP contribution is -2.23. The fourth-order valence-electron chi connectivity index (χ4n) is 2.57. The summed E-state index contributed by atoms with van der Waals surface area (Å²) >= 11 is 0. The van der Waals surface area contributed by atoms with Crippen molar-refractivity contribution in [2.45, 2.75) is 12.3 Å². The van der Waals surface area contributed by atoms with Crippen LogP contribution in [0.15, 0.2) is 42.5 Å². The first-order valence-electron chi connectivity index (χ1n) is 6.65. The van der Waals surface area contributed by atoms with E-state index in [0.717, 1.165) is 12.7 Å². The molecule has 0 heterocycles. The third-order valence-corrected chi connectivity index (χ3v) is 3.75. The molecular weight excluding hydrogens is 252 g/mol. The number of aldehydes is 1. The molecule has 1 aliphatic carbocycles. The number of carbonyl (C=O) groups excluding carboxylic acids is 1. The number of benzene rings is 2. The van der Waals surface area contributed by atoms with Crippen LogP contribution >= 0.6 is 0 Å². The predicted octanol–water partition coefficient (Wildman–Crippen LogP) is 3.23. The number of hydrogen-bond acceptors (Lipinski definition) is 3. The van der Waals surface area contributed by atoms with E-state index in [1.165, 1.54) is 11.1 Å². The van der Waals surface area contributed by atoms with Crippen LogP contribution in [0.4, 0.5) is 0 Å². The molecule has 0 N–H and O–H groups in total. The topological polar surface area (TPSA) is 35.5 Å². The molecular formula is C17H16O3. The Balaban J connectivity index is 1.72. The summed E-state index contributed by atoms with van der Waals surface area (Å²) < 4.78 is 11.0. The Bertz CT molecular complexity index is 634. The molecule has 3 heteroatoms. The van der Waals surface area contributed by atoms with Crippen molar-refractivity contribution in [3.63, 3.8) is 0 Å². The highest BCUT2D eigenvalue weighted by Gasteiger charge is 2.26. The van der Waals surface area contributed by atoms with E-state index in [1.807, 2.05) is 6.07 Å². The monoisotopic (exact) mass is 268 g/mol. The number of ether oxygens (including phenoxy) is 2. The summed E-state index contributed by atoms with van der Waals surface area (Å²) in [5.74, 6) is 1.69. The van der Waals surface area contributed by atoms with Crippen LogP contribution in [0.3, 0.4) is 0 Å². The van der Waals surface area contributed by atoms with E-state index in [1.54, 1.807) is 25.3 Å². The summed E-state index contributed by atoms with van der Waals surface area (Å²) in [5.41, 5.74) is 3.30. The first-order chi connectivity index (χ1) is 9.81. The molecule has 20 heavy (non-hydrogen) atoms. The van der Waals surface area contributed by atoms with E-state index in [2.05, 4.69) is 18.2 Å². The van der Waals surface area contributed by atoms with Crippen LogP contribution < -0.4 is 9.47 Å². The molecule has 102 valence electrons. The van der Waals surface area contributed by atoms with Crippen molar-refractivity contribution >= 4 is 6.29 Å². The Kier molecular flexibility index (Phi) is 3.42. The van der Waals surface area contributed by atoms with Gasteiger partial charge in [-0.05, 0) is 29.7 Å². The van der Waals surface area contributed by atoms with E-state index in [9.17, 15) is 4.79 Å². The molecule has 3 rings (SSSR count). The number of methoxy groups -OCH3 is 1. The molecule has 0 spiro atoms. The number of rotatable bonds is 5. The van der Waals surface area contributed by atoms with Crippen molar-refractivity contribution in [2.75, 3.05) is 13.7 Å². The van der Waals surface area contributed by atoms with Crippen LogP contribution in [0, 0.1) is 0 Å². The number of carbonyl (C=O) groups is 1. The van der Waals surface area contributed by atoms with Gasteiger partial charge in [0.1, 0.15) is 11.5 Å². The van der Waals surface area contributed by atoms with Gasteiger partial charge in [0.2, 0.25) is 0 Å². The average molecular weight is 268 g/mol. The van der Waals surface area contributed by atoms with Gasteiger partial charge in [-0.3, -0.25) is 4.79 Å². The fraction of sp³-hybridized carbons (Fsp3) is 0.235. The smallest absolute Gasteiger partial charge is 0.153 e. The van der Waals surface area contributed by atoms with Crippen molar-refractivity contribution in [1.29, 1.82) is 0 Å². The maximum Gasteiger partial charge on any atom is 0.153 e. The molecule has 1 atom stereocenters. The summed E-state index contributed by atoms with van der Waals surface area (Å²) in [6.07, 6.45) is 1.85. The second-order valence-electron chi connectivity index (χ2n) is 4.93. The first-order valence-corrected chi connectivity index (χ1v) is 6.65. The normalized spacial score (nSPS) is 15.9. The van der Waals surface area contributed by atoms with Crippen molar-refractivity contribution in [1.82, 2.24) is 0 Å². The van der Waals surface area contributed by atoms with Crippen molar-refractivity contribution in [3.8, 4) is 11.5 Å². The summed E-state index contributed by atoms with van der Waals surface area (Å²) in [6.45, 7) is 0.588. The average Bonchev–Trinajstić information content (AvgIpc) is 2.48. The molecule has 2 aromatic carbocycles. The third kappa shape index (κ3) is 2.27. The largest absolute Gasteiger partial charge is 0.497 e. The van der Waals surface area contributed by atoms with Crippen LogP contribution in [0.1, 0.15) is 27.4 Å². The summed E-state index contributed by atoms with van der Waals surface area (Å²) in [6, 6.07) is 13.6. The lowest BCUT2D eigenvalue weighted by molar-refractivity contribution is 0.111. The molecule has 0 saturated heterocycles. The Hall–Kier alpha value is -2.29. The van der Waals surface area contributed by atoms with Gasteiger partial charge < -0.3 is 9.47 Å². The molecule has 0 amide bonds. The van der Waals surface area contributed by atoms with Crippen molar-refractivity contribution in [3.05, 3.63) is 59.2 Å². The molecule has 0 radical (unpaired) electrons. The van der Waals surface area contributed by atoms with Gasteiger partial charge in [-0.1, -0.05) is 24.3 Å². The maximum atomic E-state index is 11.0. The zero-order chi connectivity index (χ0) is 13.9. The van der Waals surface area contributed by atoms with E-state index < -0.39 is 0 Å². The van der Waals surface area contributed by atoms with E-state index in [4.69, 9.17) is 9.47 Å². The second kappa shape index (κ2) is 5.37. The second-order valence-corrected chi connectivity index (χ2v) is 4.93. The van der Waals surface area contributed by atoms with Gasteiger partial charge in [0.15, 0.2) is 6.29 Å². The van der Waals surface area contributed by atoms with Crippen LogP contribution in [-0.4, -0.2) is 20.0 Å². The van der Waals surface area contributed by atoms with Gasteiger partial charge in [0, 0.05) is 12.0 Å². The van der Waals surface area contributed by atoms with Crippen LogP contribution in [0.5, 0.6) is 11.5 Å². The Morgan fingerprint density at radius 2 is 2.10 bits per heavy atom. The minimum Gasteiger partial charge on any atom is -0.497 e. The SMILES string of the molecule is COc1ccc(C=O)c(OCC2Cc3ccccc32)c1. The molecule has 0 saturated carbocycles. The zero-order valence-electron chi connectivity index (χ0n) is 11.3. The highest BCUT2D eigenvalue weighted by molar-refractivity contribution is 5.79.